The van der Waals surface area contributed by atoms with Gasteiger partial charge in [0.15, 0.2) is 5.78 Å². The molecule has 0 aromatic heterocycles. The zero-order chi connectivity index (χ0) is 17.2. The molecule has 0 atom stereocenters. The standard InChI is InChI=1S/C20H13F3O/c21-20(22,23)16-12-10-14(11-13-16)17-8-4-5-9-18(17)19(24)15-6-2-1-3-7-15/h1-13H. The first-order valence-electron chi connectivity index (χ1n) is 7.33. The minimum Gasteiger partial charge on any atom is -0.289 e. The molecule has 4 heteroatoms. The van der Waals surface area contributed by atoms with Crippen LogP contribution in [0, 0.1) is 0 Å². The van der Waals surface area contributed by atoms with Crippen molar-refractivity contribution in [2.45, 2.75) is 6.18 Å². The third-order valence-electron chi connectivity index (χ3n) is 3.73. The van der Waals surface area contributed by atoms with Crippen LogP contribution in [0.5, 0.6) is 0 Å². The van der Waals surface area contributed by atoms with Gasteiger partial charge in [-0.1, -0.05) is 66.7 Å². The Morgan fingerprint density at radius 3 is 1.92 bits per heavy atom. The Labute approximate surface area is 137 Å². The lowest BCUT2D eigenvalue weighted by Gasteiger charge is -2.11. The Bertz CT molecular complexity index is 850. The van der Waals surface area contributed by atoms with Gasteiger partial charge in [0.25, 0.3) is 0 Å². The third-order valence-corrected chi connectivity index (χ3v) is 3.73. The summed E-state index contributed by atoms with van der Waals surface area (Å²) >= 11 is 0. The first kappa shape index (κ1) is 16.0. The Balaban J connectivity index is 2.03. The van der Waals surface area contributed by atoms with Gasteiger partial charge in [-0.05, 0) is 23.3 Å². The summed E-state index contributed by atoms with van der Waals surface area (Å²) in [6, 6.07) is 20.5. The second-order valence-electron chi connectivity index (χ2n) is 5.32. The maximum atomic E-state index is 12.7. The predicted molar refractivity (Wildman–Crippen MR) is 86.8 cm³/mol. The van der Waals surface area contributed by atoms with Gasteiger partial charge < -0.3 is 0 Å². The van der Waals surface area contributed by atoms with E-state index in [9.17, 15) is 18.0 Å². The fraction of sp³-hybridized carbons (Fsp3) is 0.0500. The highest BCUT2D eigenvalue weighted by Gasteiger charge is 2.30. The first-order valence-corrected chi connectivity index (χ1v) is 7.33. The Morgan fingerprint density at radius 2 is 1.29 bits per heavy atom. The second-order valence-corrected chi connectivity index (χ2v) is 5.32. The molecule has 3 rings (SSSR count). The van der Waals surface area contributed by atoms with Gasteiger partial charge in [-0.3, -0.25) is 4.79 Å². The van der Waals surface area contributed by atoms with Crippen molar-refractivity contribution < 1.29 is 18.0 Å². The van der Waals surface area contributed by atoms with E-state index in [1.54, 1.807) is 48.5 Å². The maximum Gasteiger partial charge on any atom is 0.416 e. The van der Waals surface area contributed by atoms with Crippen LogP contribution < -0.4 is 0 Å². The molecule has 0 amide bonds. The van der Waals surface area contributed by atoms with Crippen molar-refractivity contribution in [1.82, 2.24) is 0 Å². The molecule has 1 nitrogen and oxygen atoms in total. The van der Waals surface area contributed by atoms with Gasteiger partial charge in [-0.25, -0.2) is 0 Å². The summed E-state index contributed by atoms with van der Waals surface area (Å²) in [6.07, 6.45) is -4.38. The summed E-state index contributed by atoms with van der Waals surface area (Å²) in [5.41, 5.74) is 1.47. The SMILES string of the molecule is O=C(c1ccccc1)c1ccccc1-c1ccc(C(F)(F)F)cc1. The molecule has 0 aliphatic carbocycles. The molecule has 0 aliphatic heterocycles. The van der Waals surface area contributed by atoms with Crippen molar-refractivity contribution in [3.8, 4) is 11.1 Å². The molecule has 0 N–H and O–H groups in total. The molecule has 0 unspecified atom stereocenters. The third kappa shape index (κ3) is 3.23. The lowest BCUT2D eigenvalue weighted by Crippen LogP contribution is -2.05. The van der Waals surface area contributed by atoms with Gasteiger partial charge in [-0.15, -0.1) is 0 Å². The number of ketones is 1. The fourth-order valence-electron chi connectivity index (χ4n) is 2.52. The normalized spacial score (nSPS) is 11.3. The van der Waals surface area contributed by atoms with Gasteiger partial charge >= 0.3 is 6.18 Å². The molecule has 0 spiro atoms. The second kappa shape index (κ2) is 6.32. The number of carbonyl (C=O) groups is 1. The van der Waals surface area contributed by atoms with E-state index in [2.05, 4.69) is 0 Å². The summed E-state index contributed by atoms with van der Waals surface area (Å²) in [5.74, 6) is -0.161. The van der Waals surface area contributed by atoms with Crippen molar-refractivity contribution in [2.75, 3.05) is 0 Å². The zero-order valence-electron chi connectivity index (χ0n) is 12.5. The number of alkyl halides is 3. The molecule has 24 heavy (non-hydrogen) atoms. The van der Waals surface area contributed by atoms with E-state index < -0.39 is 11.7 Å². The molecule has 0 aliphatic rings. The summed E-state index contributed by atoms with van der Waals surface area (Å²) in [5, 5.41) is 0. The minimum absolute atomic E-state index is 0.161. The van der Waals surface area contributed by atoms with E-state index in [-0.39, 0.29) is 5.78 Å². The monoisotopic (exact) mass is 326 g/mol. The van der Waals surface area contributed by atoms with E-state index in [1.807, 2.05) is 6.07 Å². The van der Waals surface area contributed by atoms with Crippen LogP contribution >= 0.6 is 0 Å². The van der Waals surface area contributed by atoms with Crippen molar-refractivity contribution in [3.05, 3.63) is 95.6 Å². The average Bonchev–Trinajstić information content (AvgIpc) is 2.61. The number of hydrogen-bond acceptors (Lipinski definition) is 1. The highest BCUT2D eigenvalue weighted by Crippen LogP contribution is 2.32. The van der Waals surface area contributed by atoms with Crippen LogP contribution in [-0.4, -0.2) is 5.78 Å². The largest absolute Gasteiger partial charge is 0.416 e. The lowest BCUT2D eigenvalue weighted by atomic mass is 9.93. The van der Waals surface area contributed by atoms with E-state index in [1.165, 1.54) is 12.1 Å². The quantitative estimate of drug-likeness (QED) is 0.572. The minimum atomic E-state index is -4.38. The first-order chi connectivity index (χ1) is 11.5. The van der Waals surface area contributed by atoms with Gasteiger partial charge in [0.05, 0.1) is 5.56 Å². The van der Waals surface area contributed by atoms with Crippen LogP contribution in [0.4, 0.5) is 13.2 Å². The maximum absolute atomic E-state index is 12.7. The predicted octanol–water partition coefficient (Wildman–Crippen LogP) is 5.60. The highest BCUT2D eigenvalue weighted by atomic mass is 19.4. The van der Waals surface area contributed by atoms with Crippen LogP contribution in [0.15, 0.2) is 78.9 Å². The highest BCUT2D eigenvalue weighted by molar-refractivity contribution is 6.12. The smallest absolute Gasteiger partial charge is 0.289 e. The topological polar surface area (TPSA) is 17.1 Å². The number of halogens is 3. The van der Waals surface area contributed by atoms with Crippen LogP contribution in [-0.2, 0) is 6.18 Å². The van der Waals surface area contributed by atoms with Crippen molar-refractivity contribution in [2.24, 2.45) is 0 Å². The van der Waals surface area contributed by atoms with Crippen molar-refractivity contribution in [1.29, 1.82) is 0 Å². The van der Waals surface area contributed by atoms with Crippen LogP contribution in [0.1, 0.15) is 21.5 Å². The molecule has 0 saturated heterocycles. The lowest BCUT2D eigenvalue weighted by molar-refractivity contribution is -0.137. The number of hydrogen-bond donors (Lipinski definition) is 0. The molecule has 0 radical (unpaired) electrons. The molecule has 120 valence electrons. The summed E-state index contributed by atoms with van der Waals surface area (Å²) in [6.45, 7) is 0. The van der Waals surface area contributed by atoms with Gasteiger partial charge in [-0.2, -0.15) is 13.2 Å². The van der Waals surface area contributed by atoms with E-state index in [0.29, 0.717) is 22.3 Å². The van der Waals surface area contributed by atoms with Crippen LogP contribution in [0.3, 0.4) is 0 Å². The molecular weight excluding hydrogens is 313 g/mol. The molecule has 0 saturated carbocycles. The van der Waals surface area contributed by atoms with Gasteiger partial charge in [0, 0.05) is 11.1 Å². The fourth-order valence-corrected chi connectivity index (χ4v) is 2.52. The summed E-state index contributed by atoms with van der Waals surface area (Å²) in [4.78, 5) is 12.7. The van der Waals surface area contributed by atoms with Gasteiger partial charge in [0.1, 0.15) is 0 Å². The summed E-state index contributed by atoms with van der Waals surface area (Å²) in [7, 11) is 0. The Kier molecular flexibility index (Phi) is 4.21. The molecular formula is C20H13F3O. The molecule has 3 aromatic rings. The van der Waals surface area contributed by atoms with Gasteiger partial charge in [0.2, 0.25) is 0 Å². The summed E-state index contributed by atoms with van der Waals surface area (Å²) < 4.78 is 38.1. The van der Waals surface area contributed by atoms with Crippen molar-refractivity contribution >= 4 is 5.78 Å². The van der Waals surface area contributed by atoms with E-state index >= 15 is 0 Å². The van der Waals surface area contributed by atoms with E-state index in [0.717, 1.165) is 12.1 Å². The van der Waals surface area contributed by atoms with Crippen molar-refractivity contribution in [3.63, 3.8) is 0 Å². The average molecular weight is 326 g/mol. The number of benzene rings is 3. The molecule has 0 heterocycles. The molecule has 0 bridgehead atoms. The Hall–Kier alpha value is -2.88. The zero-order valence-corrected chi connectivity index (χ0v) is 12.5. The Morgan fingerprint density at radius 1 is 0.708 bits per heavy atom. The van der Waals surface area contributed by atoms with Crippen LogP contribution in [0.25, 0.3) is 11.1 Å². The number of rotatable bonds is 3. The van der Waals surface area contributed by atoms with E-state index in [4.69, 9.17) is 0 Å². The number of carbonyl (C=O) groups excluding carboxylic acids is 1. The molecule has 0 fully saturated rings. The van der Waals surface area contributed by atoms with Crippen LogP contribution in [0.2, 0.25) is 0 Å². The molecule has 3 aromatic carbocycles.